The monoisotopic (exact) mass is 413 g/mol. The number of thiophene rings is 1. The summed E-state index contributed by atoms with van der Waals surface area (Å²) in [5, 5.41) is 4.83. The van der Waals surface area contributed by atoms with Gasteiger partial charge in [-0.3, -0.25) is 14.5 Å². The van der Waals surface area contributed by atoms with Gasteiger partial charge in [-0.15, -0.1) is 11.3 Å². The van der Waals surface area contributed by atoms with E-state index in [4.69, 9.17) is 0 Å². The van der Waals surface area contributed by atoms with Gasteiger partial charge >= 0.3 is 0 Å². The number of nitrogens with one attached hydrogen (secondary N) is 1. The van der Waals surface area contributed by atoms with Gasteiger partial charge in [0.05, 0.1) is 4.88 Å². The van der Waals surface area contributed by atoms with Crippen molar-refractivity contribution in [3.8, 4) is 0 Å². The second-order valence-corrected chi connectivity index (χ2v) is 9.06. The third-order valence-corrected chi connectivity index (χ3v) is 6.26. The zero-order chi connectivity index (χ0) is 20.8. The van der Waals surface area contributed by atoms with Gasteiger partial charge in [0.2, 0.25) is 5.91 Å². The van der Waals surface area contributed by atoms with Crippen LogP contribution in [0.4, 0.5) is 0 Å². The molecule has 0 aliphatic carbocycles. The summed E-state index contributed by atoms with van der Waals surface area (Å²) in [7, 11) is 0. The predicted octanol–water partition coefficient (Wildman–Crippen LogP) is 3.55. The average molecular weight is 414 g/mol. The van der Waals surface area contributed by atoms with Crippen LogP contribution in [0.1, 0.15) is 41.1 Å². The average Bonchev–Trinajstić information content (AvgIpc) is 3.14. The van der Waals surface area contributed by atoms with E-state index < -0.39 is 6.04 Å². The van der Waals surface area contributed by atoms with Gasteiger partial charge in [0, 0.05) is 32.7 Å². The highest BCUT2D eigenvalue weighted by Crippen LogP contribution is 2.15. The Bertz CT molecular complexity index is 802. The van der Waals surface area contributed by atoms with Gasteiger partial charge in [-0.05, 0) is 36.3 Å². The molecule has 1 aliphatic heterocycles. The molecule has 29 heavy (non-hydrogen) atoms. The van der Waals surface area contributed by atoms with Crippen molar-refractivity contribution in [1.29, 1.82) is 0 Å². The molecule has 2 aromatic rings. The molecule has 6 heteroatoms. The summed E-state index contributed by atoms with van der Waals surface area (Å²) in [5.74, 6) is -0.0942. The van der Waals surface area contributed by atoms with Crippen molar-refractivity contribution in [2.75, 3.05) is 26.2 Å². The van der Waals surface area contributed by atoms with Crippen LogP contribution in [-0.2, 0) is 11.3 Å². The van der Waals surface area contributed by atoms with Crippen LogP contribution >= 0.6 is 11.3 Å². The number of hydrogen-bond donors (Lipinski definition) is 1. The van der Waals surface area contributed by atoms with Gasteiger partial charge < -0.3 is 10.2 Å². The van der Waals surface area contributed by atoms with E-state index >= 15 is 0 Å². The molecule has 1 aliphatic rings. The summed E-state index contributed by atoms with van der Waals surface area (Å²) in [4.78, 5) is 30.6. The number of rotatable bonds is 6. The van der Waals surface area contributed by atoms with Crippen molar-refractivity contribution in [3.05, 3.63) is 57.8 Å². The van der Waals surface area contributed by atoms with E-state index in [1.54, 1.807) is 6.07 Å². The van der Waals surface area contributed by atoms with Crippen molar-refractivity contribution >= 4 is 23.2 Å². The summed E-state index contributed by atoms with van der Waals surface area (Å²) >= 11 is 1.39. The maximum absolute atomic E-state index is 13.2. The molecule has 1 saturated heterocycles. The van der Waals surface area contributed by atoms with E-state index in [9.17, 15) is 9.59 Å². The highest BCUT2D eigenvalue weighted by atomic mass is 32.1. The van der Waals surface area contributed by atoms with E-state index in [-0.39, 0.29) is 17.7 Å². The molecular weight excluding hydrogens is 382 g/mol. The van der Waals surface area contributed by atoms with Gasteiger partial charge in [-0.25, -0.2) is 0 Å². The highest BCUT2D eigenvalue weighted by Gasteiger charge is 2.30. The second kappa shape index (κ2) is 10.0. The van der Waals surface area contributed by atoms with Crippen LogP contribution < -0.4 is 5.32 Å². The van der Waals surface area contributed by atoms with Crippen molar-refractivity contribution in [3.63, 3.8) is 0 Å². The third kappa shape index (κ3) is 5.90. The highest BCUT2D eigenvalue weighted by molar-refractivity contribution is 7.12. The largest absolute Gasteiger partial charge is 0.340 e. The molecule has 1 atom stereocenters. The SMILES string of the molecule is Cc1ccc(CN2CCCN(C(=O)C(NC(=O)c3cccs3)C(C)C)CC2)cc1. The van der Waals surface area contributed by atoms with E-state index in [2.05, 4.69) is 41.4 Å². The maximum Gasteiger partial charge on any atom is 0.262 e. The Morgan fingerprint density at radius 2 is 1.83 bits per heavy atom. The quantitative estimate of drug-likeness (QED) is 0.788. The molecule has 0 saturated carbocycles. The van der Waals surface area contributed by atoms with Gasteiger partial charge in [-0.1, -0.05) is 49.7 Å². The summed E-state index contributed by atoms with van der Waals surface area (Å²) in [6, 6.07) is 11.8. The summed E-state index contributed by atoms with van der Waals surface area (Å²) < 4.78 is 0. The topological polar surface area (TPSA) is 52.6 Å². The molecule has 0 radical (unpaired) electrons. The smallest absolute Gasteiger partial charge is 0.262 e. The van der Waals surface area contributed by atoms with Gasteiger partial charge in [0.1, 0.15) is 6.04 Å². The molecule has 1 aromatic carbocycles. The number of carbonyl (C=O) groups excluding carboxylic acids is 2. The van der Waals surface area contributed by atoms with Crippen LogP contribution in [0.2, 0.25) is 0 Å². The molecule has 0 bridgehead atoms. The van der Waals surface area contributed by atoms with Crippen molar-refractivity contribution in [2.24, 2.45) is 5.92 Å². The second-order valence-electron chi connectivity index (χ2n) is 8.11. The first-order valence-corrected chi connectivity index (χ1v) is 11.2. The first-order chi connectivity index (χ1) is 13.9. The molecule has 2 amide bonds. The number of carbonyl (C=O) groups is 2. The van der Waals surface area contributed by atoms with E-state index in [0.29, 0.717) is 11.4 Å². The fourth-order valence-electron chi connectivity index (χ4n) is 3.63. The summed E-state index contributed by atoms with van der Waals surface area (Å²) in [6.07, 6.45) is 0.946. The number of aryl methyl sites for hydroxylation is 1. The number of nitrogens with zero attached hydrogens (tertiary/aromatic N) is 2. The molecule has 1 fully saturated rings. The lowest BCUT2D eigenvalue weighted by atomic mass is 10.0. The number of hydrogen-bond acceptors (Lipinski definition) is 4. The first kappa shape index (κ1) is 21.5. The zero-order valence-electron chi connectivity index (χ0n) is 17.6. The normalized spacial score (nSPS) is 16.5. The van der Waals surface area contributed by atoms with Crippen molar-refractivity contribution in [1.82, 2.24) is 15.1 Å². The fraction of sp³-hybridized carbons (Fsp3) is 0.478. The molecule has 0 spiro atoms. The van der Waals surface area contributed by atoms with Crippen LogP contribution in [0.3, 0.4) is 0 Å². The molecule has 156 valence electrons. The Hall–Kier alpha value is -2.18. The minimum absolute atomic E-state index is 0.0297. The lowest BCUT2D eigenvalue weighted by Gasteiger charge is -2.29. The van der Waals surface area contributed by atoms with Crippen molar-refractivity contribution in [2.45, 2.75) is 39.8 Å². The van der Waals surface area contributed by atoms with Gasteiger partial charge in [0.25, 0.3) is 5.91 Å². The lowest BCUT2D eigenvalue weighted by Crippen LogP contribution is -2.51. The molecule has 1 unspecified atom stereocenters. The van der Waals surface area contributed by atoms with Crippen LogP contribution in [-0.4, -0.2) is 53.8 Å². The minimum atomic E-state index is -0.492. The van der Waals surface area contributed by atoms with E-state index in [1.165, 1.54) is 22.5 Å². The minimum Gasteiger partial charge on any atom is -0.340 e. The molecule has 1 aromatic heterocycles. The van der Waals surface area contributed by atoms with Crippen LogP contribution in [0.25, 0.3) is 0 Å². The summed E-state index contributed by atoms with van der Waals surface area (Å²) in [5.41, 5.74) is 2.57. The first-order valence-electron chi connectivity index (χ1n) is 10.3. The molecule has 1 N–H and O–H groups in total. The van der Waals surface area contributed by atoms with Crippen LogP contribution in [0.5, 0.6) is 0 Å². The van der Waals surface area contributed by atoms with E-state index in [0.717, 1.165) is 32.6 Å². The van der Waals surface area contributed by atoms with Gasteiger partial charge in [0.15, 0.2) is 0 Å². The Morgan fingerprint density at radius 1 is 1.07 bits per heavy atom. The molecular formula is C23H31N3O2S. The third-order valence-electron chi connectivity index (χ3n) is 5.39. The van der Waals surface area contributed by atoms with Crippen LogP contribution in [0.15, 0.2) is 41.8 Å². The Kier molecular flexibility index (Phi) is 7.45. The molecule has 2 heterocycles. The Morgan fingerprint density at radius 3 is 2.48 bits per heavy atom. The maximum atomic E-state index is 13.2. The predicted molar refractivity (Wildman–Crippen MR) is 118 cm³/mol. The zero-order valence-corrected chi connectivity index (χ0v) is 18.4. The number of benzene rings is 1. The Labute approximate surface area is 177 Å². The molecule has 3 rings (SSSR count). The van der Waals surface area contributed by atoms with Gasteiger partial charge in [-0.2, -0.15) is 0 Å². The number of amides is 2. The van der Waals surface area contributed by atoms with Crippen molar-refractivity contribution < 1.29 is 9.59 Å². The standard InChI is InChI=1S/C23H31N3O2S/c1-17(2)21(24-22(27)20-6-4-15-29-20)23(28)26-12-5-11-25(13-14-26)16-19-9-7-18(3)8-10-19/h4,6-10,15,17,21H,5,11-14,16H2,1-3H3,(H,24,27). The lowest BCUT2D eigenvalue weighted by molar-refractivity contribution is -0.134. The fourth-order valence-corrected chi connectivity index (χ4v) is 4.26. The molecule has 5 nitrogen and oxygen atoms in total. The van der Waals surface area contributed by atoms with Crippen LogP contribution in [0, 0.1) is 12.8 Å². The Balaban J connectivity index is 1.59. The summed E-state index contributed by atoms with van der Waals surface area (Å²) in [6.45, 7) is 10.2. The van der Waals surface area contributed by atoms with E-state index in [1.807, 2.05) is 30.2 Å².